The average molecular weight is 487 g/mol. The standard InChI is InChI=1S/C21H25F3N4O4S/c1-13-19(26-12-27-20(13)32-18-4-3-8-25-14(18)2)31-17-10-15-5-6-16(11-17)28(15)33(29,30)9-7-21(22,23)24/h3-4,8,12,15-17H,5-7,9-11H2,1-2H3/t15-,16-/m0/s1. The highest BCUT2D eigenvalue weighted by molar-refractivity contribution is 7.89. The quantitative estimate of drug-likeness (QED) is 0.585. The van der Waals surface area contributed by atoms with Crippen LogP contribution in [-0.2, 0) is 10.0 Å². The molecule has 0 aromatic carbocycles. The van der Waals surface area contributed by atoms with Gasteiger partial charge >= 0.3 is 6.18 Å². The van der Waals surface area contributed by atoms with Gasteiger partial charge in [-0.25, -0.2) is 18.4 Å². The van der Waals surface area contributed by atoms with E-state index in [-0.39, 0.29) is 18.2 Å². The van der Waals surface area contributed by atoms with E-state index in [1.165, 1.54) is 10.6 Å². The van der Waals surface area contributed by atoms with Crippen LogP contribution in [-0.4, -0.2) is 57.8 Å². The zero-order chi connectivity index (χ0) is 23.8. The minimum atomic E-state index is -4.51. The molecule has 2 fully saturated rings. The molecule has 4 rings (SSSR count). The Morgan fingerprint density at radius 1 is 1.09 bits per heavy atom. The van der Waals surface area contributed by atoms with Crippen LogP contribution in [0.3, 0.4) is 0 Å². The van der Waals surface area contributed by atoms with Crippen LogP contribution in [0.1, 0.15) is 43.4 Å². The lowest BCUT2D eigenvalue weighted by Crippen LogP contribution is -2.50. The highest BCUT2D eigenvalue weighted by atomic mass is 32.2. The van der Waals surface area contributed by atoms with E-state index in [9.17, 15) is 21.6 Å². The summed E-state index contributed by atoms with van der Waals surface area (Å²) in [6.07, 6.45) is -1.18. The van der Waals surface area contributed by atoms with Crippen molar-refractivity contribution in [2.75, 3.05) is 5.75 Å². The Hall–Kier alpha value is -2.47. The van der Waals surface area contributed by atoms with Gasteiger partial charge in [-0.2, -0.15) is 17.5 Å². The normalized spacial score (nSPS) is 23.5. The molecule has 0 saturated carbocycles. The topological polar surface area (TPSA) is 94.5 Å². The van der Waals surface area contributed by atoms with E-state index in [1.54, 1.807) is 25.3 Å². The first-order valence-corrected chi connectivity index (χ1v) is 12.3. The Labute approximate surface area is 190 Å². The van der Waals surface area contributed by atoms with E-state index in [4.69, 9.17) is 9.47 Å². The number of halogens is 3. The molecule has 0 aliphatic carbocycles. The molecule has 2 aliphatic rings. The maximum absolute atomic E-state index is 12.6. The number of fused-ring (bicyclic) bond motifs is 2. The molecule has 8 nitrogen and oxygen atoms in total. The molecule has 0 spiro atoms. The predicted octanol–water partition coefficient (Wildman–Crippen LogP) is 3.94. The summed E-state index contributed by atoms with van der Waals surface area (Å²) in [6, 6.07) is 2.78. The summed E-state index contributed by atoms with van der Waals surface area (Å²) >= 11 is 0. The van der Waals surface area contributed by atoms with Crippen molar-refractivity contribution in [1.29, 1.82) is 0 Å². The summed E-state index contributed by atoms with van der Waals surface area (Å²) in [5.41, 5.74) is 1.29. The van der Waals surface area contributed by atoms with Crippen molar-refractivity contribution >= 4 is 10.0 Å². The maximum Gasteiger partial charge on any atom is 0.390 e. The molecular formula is C21H25F3N4O4S. The molecule has 2 saturated heterocycles. The van der Waals surface area contributed by atoms with Crippen molar-refractivity contribution in [2.24, 2.45) is 0 Å². The Kier molecular flexibility index (Phi) is 6.50. The molecule has 33 heavy (non-hydrogen) atoms. The van der Waals surface area contributed by atoms with Crippen molar-refractivity contribution in [2.45, 2.75) is 70.3 Å². The number of sulfonamides is 1. The van der Waals surface area contributed by atoms with Gasteiger partial charge in [0.1, 0.15) is 12.4 Å². The summed E-state index contributed by atoms with van der Waals surface area (Å²) in [5.74, 6) is 0.292. The number of hydrogen-bond donors (Lipinski definition) is 0. The molecule has 180 valence electrons. The lowest BCUT2D eigenvalue weighted by Gasteiger charge is -2.37. The van der Waals surface area contributed by atoms with E-state index in [1.807, 2.05) is 6.92 Å². The van der Waals surface area contributed by atoms with Crippen molar-refractivity contribution in [3.8, 4) is 17.5 Å². The van der Waals surface area contributed by atoms with Crippen molar-refractivity contribution in [1.82, 2.24) is 19.3 Å². The lowest BCUT2D eigenvalue weighted by atomic mass is 10.0. The molecule has 2 aliphatic heterocycles. The second kappa shape index (κ2) is 9.05. The molecule has 2 aromatic rings. The number of aryl methyl sites for hydroxylation is 1. The Balaban J connectivity index is 1.44. The molecule has 0 N–H and O–H groups in total. The second-order valence-electron chi connectivity index (χ2n) is 8.41. The fraction of sp³-hybridized carbons (Fsp3) is 0.571. The molecule has 2 aromatic heterocycles. The van der Waals surface area contributed by atoms with Gasteiger partial charge in [0.05, 0.1) is 23.4 Å². The van der Waals surface area contributed by atoms with E-state index in [0.29, 0.717) is 54.5 Å². The van der Waals surface area contributed by atoms with Gasteiger partial charge in [-0.1, -0.05) is 0 Å². The van der Waals surface area contributed by atoms with Crippen LogP contribution in [0.15, 0.2) is 24.7 Å². The van der Waals surface area contributed by atoms with E-state index < -0.39 is 28.4 Å². The summed E-state index contributed by atoms with van der Waals surface area (Å²) in [4.78, 5) is 12.6. The zero-order valence-electron chi connectivity index (χ0n) is 18.2. The van der Waals surface area contributed by atoms with Gasteiger partial charge in [0.25, 0.3) is 0 Å². The number of aromatic nitrogens is 3. The first-order valence-electron chi connectivity index (χ1n) is 10.7. The molecule has 2 atom stereocenters. The summed E-state index contributed by atoms with van der Waals surface area (Å²) in [6.45, 7) is 3.58. The van der Waals surface area contributed by atoms with Gasteiger partial charge in [-0.15, -0.1) is 0 Å². The van der Waals surface area contributed by atoms with Crippen molar-refractivity contribution in [3.05, 3.63) is 35.9 Å². The van der Waals surface area contributed by atoms with Gasteiger partial charge in [0.15, 0.2) is 5.75 Å². The smallest absolute Gasteiger partial charge is 0.390 e. The number of rotatable bonds is 7. The van der Waals surface area contributed by atoms with E-state index >= 15 is 0 Å². The molecule has 4 heterocycles. The number of hydrogen-bond acceptors (Lipinski definition) is 7. The number of piperidine rings is 1. The van der Waals surface area contributed by atoms with Crippen LogP contribution in [0.4, 0.5) is 13.2 Å². The van der Waals surface area contributed by atoms with Crippen LogP contribution in [0.5, 0.6) is 17.5 Å². The second-order valence-corrected chi connectivity index (χ2v) is 10.4. The van der Waals surface area contributed by atoms with Crippen LogP contribution in [0, 0.1) is 13.8 Å². The highest BCUT2D eigenvalue weighted by Gasteiger charge is 2.48. The molecule has 0 radical (unpaired) electrons. The summed E-state index contributed by atoms with van der Waals surface area (Å²) in [5, 5.41) is 0. The van der Waals surface area contributed by atoms with Gasteiger partial charge in [-0.05, 0) is 38.8 Å². The fourth-order valence-electron chi connectivity index (χ4n) is 4.46. The van der Waals surface area contributed by atoms with E-state index in [2.05, 4.69) is 15.0 Å². The number of alkyl halides is 3. The third-order valence-corrected chi connectivity index (χ3v) is 7.98. The fourth-order valence-corrected chi connectivity index (χ4v) is 6.46. The van der Waals surface area contributed by atoms with Crippen LogP contribution in [0.25, 0.3) is 0 Å². The van der Waals surface area contributed by atoms with Gasteiger partial charge in [-0.3, -0.25) is 4.98 Å². The van der Waals surface area contributed by atoms with Gasteiger partial charge < -0.3 is 9.47 Å². The first kappa shape index (κ1) is 23.7. The maximum atomic E-state index is 12.6. The average Bonchev–Trinajstić information content (AvgIpc) is 3.03. The van der Waals surface area contributed by atoms with Crippen molar-refractivity contribution < 1.29 is 31.1 Å². The largest absolute Gasteiger partial charge is 0.474 e. The van der Waals surface area contributed by atoms with Crippen molar-refractivity contribution in [3.63, 3.8) is 0 Å². The monoisotopic (exact) mass is 486 g/mol. The predicted molar refractivity (Wildman–Crippen MR) is 113 cm³/mol. The van der Waals surface area contributed by atoms with Crippen LogP contribution in [0.2, 0.25) is 0 Å². The Morgan fingerprint density at radius 3 is 2.39 bits per heavy atom. The van der Waals surface area contributed by atoms with Crippen LogP contribution < -0.4 is 9.47 Å². The molecule has 0 amide bonds. The third kappa shape index (κ3) is 5.37. The minimum absolute atomic E-state index is 0.307. The summed E-state index contributed by atoms with van der Waals surface area (Å²) in [7, 11) is -4.00. The summed E-state index contributed by atoms with van der Waals surface area (Å²) < 4.78 is 76.2. The van der Waals surface area contributed by atoms with Gasteiger partial charge in [0, 0.05) is 31.1 Å². The molecular weight excluding hydrogens is 461 g/mol. The molecule has 12 heteroatoms. The number of ether oxygens (including phenoxy) is 2. The lowest BCUT2D eigenvalue weighted by molar-refractivity contribution is -0.130. The Bertz CT molecular complexity index is 1100. The highest BCUT2D eigenvalue weighted by Crippen LogP contribution is 2.40. The van der Waals surface area contributed by atoms with Crippen LogP contribution >= 0.6 is 0 Å². The van der Waals surface area contributed by atoms with E-state index in [0.717, 1.165) is 0 Å². The molecule has 0 unspecified atom stereocenters. The third-order valence-electron chi connectivity index (χ3n) is 6.02. The van der Waals surface area contributed by atoms with Gasteiger partial charge in [0.2, 0.25) is 21.8 Å². The zero-order valence-corrected chi connectivity index (χ0v) is 19.1. The molecule has 2 bridgehead atoms. The SMILES string of the molecule is Cc1ncccc1Oc1ncnc(OC2C[C@@H]3CC[C@@H](C2)N3S(=O)(=O)CCC(F)(F)F)c1C. The number of nitrogens with zero attached hydrogens (tertiary/aromatic N) is 4. The Morgan fingerprint density at radius 2 is 1.76 bits per heavy atom. The first-order chi connectivity index (χ1) is 15.5. The minimum Gasteiger partial charge on any atom is -0.474 e. The number of pyridine rings is 1.